The van der Waals surface area contributed by atoms with Crippen LogP contribution >= 0.6 is 0 Å². The lowest BCUT2D eigenvalue weighted by Gasteiger charge is -2.37. The molecule has 0 radical (unpaired) electrons. The van der Waals surface area contributed by atoms with E-state index in [2.05, 4.69) is 5.32 Å². The van der Waals surface area contributed by atoms with Crippen LogP contribution < -0.4 is 5.32 Å². The van der Waals surface area contributed by atoms with Crippen molar-refractivity contribution < 1.29 is 8.42 Å². The molecule has 1 aliphatic carbocycles. The Balaban J connectivity index is 2.02. The molecule has 0 spiro atoms. The molecule has 5 nitrogen and oxygen atoms in total. The van der Waals surface area contributed by atoms with Crippen LogP contribution in [-0.2, 0) is 10.2 Å². The molecular formula is C13H27N3O2S. The predicted molar refractivity (Wildman–Crippen MR) is 77.2 cm³/mol. The standard InChI is InChI=1S/C13H27N3O2S/c1-15(12-7-4-3-5-8-12)19(17,18)16(2)13-9-6-10-14-11-13/h12-14H,3-11H2,1-2H3. The monoisotopic (exact) mass is 289 g/mol. The van der Waals surface area contributed by atoms with Gasteiger partial charge in [0.15, 0.2) is 0 Å². The minimum Gasteiger partial charge on any atom is -0.315 e. The molecule has 1 N–H and O–H groups in total. The van der Waals surface area contributed by atoms with E-state index in [-0.39, 0.29) is 12.1 Å². The smallest absolute Gasteiger partial charge is 0.282 e. The van der Waals surface area contributed by atoms with Crippen LogP contribution in [-0.4, -0.2) is 56.3 Å². The van der Waals surface area contributed by atoms with Crippen molar-refractivity contribution in [3.63, 3.8) is 0 Å². The van der Waals surface area contributed by atoms with Crippen LogP contribution in [0.5, 0.6) is 0 Å². The molecule has 0 aromatic rings. The highest BCUT2D eigenvalue weighted by Crippen LogP contribution is 2.25. The van der Waals surface area contributed by atoms with Gasteiger partial charge in [-0.25, -0.2) is 0 Å². The second-order valence-corrected chi connectivity index (χ2v) is 7.88. The Labute approximate surface area is 117 Å². The predicted octanol–water partition coefficient (Wildman–Crippen LogP) is 1.18. The van der Waals surface area contributed by atoms with E-state index < -0.39 is 10.2 Å². The molecule has 1 saturated carbocycles. The molecule has 0 amide bonds. The average molecular weight is 289 g/mol. The van der Waals surface area contributed by atoms with Crippen LogP contribution in [0.4, 0.5) is 0 Å². The molecule has 0 aromatic carbocycles. The molecule has 19 heavy (non-hydrogen) atoms. The van der Waals surface area contributed by atoms with Gasteiger partial charge in [-0.05, 0) is 32.2 Å². The van der Waals surface area contributed by atoms with Gasteiger partial charge in [0.1, 0.15) is 0 Å². The molecule has 1 saturated heterocycles. The van der Waals surface area contributed by atoms with Crippen molar-refractivity contribution in [2.75, 3.05) is 27.2 Å². The van der Waals surface area contributed by atoms with Gasteiger partial charge in [0.25, 0.3) is 10.2 Å². The average Bonchev–Trinajstić information content (AvgIpc) is 2.47. The molecule has 2 aliphatic rings. The Kier molecular flexibility index (Phi) is 5.22. The summed E-state index contributed by atoms with van der Waals surface area (Å²) in [6.45, 7) is 1.77. The molecule has 1 atom stereocenters. The summed E-state index contributed by atoms with van der Waals surface area (Å²) < 4.78 is 28.5. The minimum absolute atomic E-state index is 0.102. The number of hydrogen-bond acceptors (Lipinski definition) is 3. The van der Waals surface area contributed by atoms with Crippen molar-refractivity contribution in [2.24, 2.45) is 0 Å². The molecule has 6 heteroatoms. The number of nitrogens with zero attached hydrogens (tertiary/aromatic N) is 2. The van der Waals surface area contributed by atoms with Crippen LogP contribution in [0.1, 0.15) is 44.9 Å². The molecule has 2 rings (SSSR count). The molecule has 1 unspecified atom stereocenters. The first kappa shape index (κ1) is 15.2. The maximum absolute atomic E-state index is 12.7. The van der Waals surface area contributed by atoms with Crippen LogP contribution in [0, 0.1) is 0 Å². The third-order valence-electron chi connectivity index (χ3n) is 4.60. The Morgan fingerprint density at radius 1 is 0.895 bits per heavy atom. The fraction of sp³-hybridized carbons (Fsp3) is 1.00. The second-order valence-electron chi connectivity index (χ2n) is 5.83. The minimum atomic E-state index is -3.31. The largest absolute Gasteiger partial charge is 0.315 e. The van der Waals surface area contributed by atoms with E-state index in [0.717, 1.165) is 51.6 Å². The first-order valence-electron chi connectivity index (χ1n) is 7.45. The van der Waals surface area contributed by atoms with E-state index in [4.69, 9.17) is 0 Å². The van der Waals surface area contributed by atoms with E-state index in [0.29, 0.717) is 0 Å². The Morgan fingerprint density at radius 2 is 1.47 bits per heavy atom. The molecule has 112 valence electrons. The number of hydrogen-bond donors (Lipinski definition) is 1. The van der Waals surface area contributed by atoms with Crippen molar-refractivity contribution in [3.8, 4) is 0 Å². The Morgan fingerprint density at radius 3 is 2.05 bits per heavy atom. The number of nitrogens with one attached hydrogen (secondary N) is 1. The maximum atomic E-state index is 12.7. The van der Waals surface area contributed by atoms with Crippen LogP contribution in [0.15, 0.2) is 0 Å². The highest BCUT2D eigenvalue weighted by Gasteiger charge is 2.34. The summed E-state index contributed by atoms with van der Waals surface area (Å²) in [6, 6.07) is 0.294. The summed E-state index contributed by atoms with van der Waals surface area (Å²) in [5.74, 6) is 0. The summed E-state index contributed by atoms with van der Waals surface area (Å²) in [6.07, 6.45) is 7.57. The number of piperidine rings is 1. The lowest BCUT2D eigenvalue weighted by atomic mass is 9.96. The van der Waals surface area contributed by atoms with Crippen molar-refractivity contribution in [1.29, 1.82) is 0 Å². The molecule has 0 aromatic heterocycles. The molecular weight excluding hydrogens is 262 g/mol. The lowest BCUT2D eigenvalue weighted by molar-refractivity contribution is 0.241. The van der Waals surface area contributed by atoms with E-state index in [9.17, 15) is 8.42 Å². The van der Waals surface area contributed by atoms with Gasteiger partial charge in [0.2, 0.25) is 0 Å². The van der Waals surface area contributed by atoms with E-state index >= 15 is 0 Å². The van der Waals surface area contributed by atoms with E-state index in [1.165, 1.54) is 6.42 Å². The number of likely N-dealkylation sites (N-methyl/N-ethyl adjacent to an activating group) is 1. The summed E-state index contributed by atoms with van der Waals surface area (Å²) in [5, 5.41) is 3.28. The highest BCUT2D eigenvalue weighted by molar-refractivity contribution is 7.86. The molecule has 1 heterocycles. The summed E-state index contributed by atoms with van der Waals surface area (Å²) in [5.41, 5.74) is 0. The summed E-state index contributed by atoms with van der Waals surface area (Å²) in [4.78, 5) is 0. The topological polar surface area (TPSA) is 52.7 Å². The van der Waals surface area contributed by atoms with Gasteiger partial charge in [-0.15, -0.1) is 0 Å². The van der Waals surface area contributed by atoms with Crippen LogP contribution in [0.3, 0.4) is 0 Å². The van der Waals surface area contributed by atoms with Crippen molar-refractivity contribution in [2.45, 2.75) is 57.0 Å². The van der Waals surface area contributed by atoms with Gasteiger partial charge in [-0.3, -0.25) is 0 Å². The fourth-order valence-electron chi connectivity index (χ4n) is 3.17. The third kappa shape index (κ3) is 3.48. The van der Waals surface area contributed by atoms with Gasteiger partial charge < -0.3 is 5.32 Å². The van der Waals surface area contributed by atoms with Gasteiger partial charge in [0, 0.05) is 32.7 Å². The maximum Gasteiger partial charge on any atom is 0.282 e. The summed E-state index contributed by atoms with van der Waals surface area (Å²) in [7, 11) is 0.165. The Hall–Kier alpha value is -0.170. The zero-order valence-corrected chi connectivity index (χ0v) is 13.0. The Bertz CT molecular complexity index is 343. The van der Waals surface area contributed by atoms with E-state index in [1.54, 1.807) is 22.7 Å². The molecule has 2 fully saturated rings. The SMILES string of the molecule is CN(C1CCCCC1)S(=O)(=O)N(C)C1CCCNC1. The highest BCUT2D eigenvalue weighted by atomic mass is 32.2. The van der Waals surface area contributed by atoms with E-state index in [1.807, 2.05) is 0 Å². The lowest BCUT2D eigenvalue weighted by Crippen LogP contribution is -2.52. The molecule has 1 aliphatic heterocycles. The fourth-order valence-corrected chi connectivity index (χ4v) is 4.72. The number of rotatable bonds is 4. The zero-order chi connectivity index (χ0) is 13.9. The quantitative estimate of drug-likeness (QED) is 0.845. The van der Waals surface area contributed by atoms with Crippen molar-refractivity contribution in [3.05, 3.63) is 0 Å². The van der Waals surface area contributed by atoms with Crippen LogP contribution in [0.2, 0.25) is 0 Å². The first-order chi connectivity index (χ1) is 9.03. The molecule has 0 bridgehead atoms. The van der Waals surface area contributed by atoms with Gasteiger partial charge in [0.05, 0.1) is 0 Å². The second kappa shape index (κ2) is 6.52. The van der Waals surface area contributed by atoms with Crippen molar-refractivity contribution in [1.82, 2.24) is 13.9 Å². The van der Waals surface area contributed by atoms with Gasteiger partial charge in [-0.2, -0.15) is 17.0 Å². The zero-order valence-electron chi connectivity index (χ0n) is 12.1. The first-order valence-corrected chi connectivity index (χ1v) is 8.85. The third-order valence-corrected chi connectivity index (χ3v) is 6.65. The van der Waals surface area contributed by atoms with Crippen LogP contribution in [0.25, 0.3) is 0 Å². The van der Waals surface area contributed by atoms with Gasteiger partial charge in [-0.1, -0.05) is 19.3 Å². The van der Waals surface area contributed by atoms with Crippen molar-refractivity contribution >= 4 is 10.2 Å². The van der Waals surface area contributed by atoms with Gasteiger partial charge >= 0.3 is 0 Å². The normalized spacial score (nSPS) is 27.1. The summed E-state index contributed by atoms with van der Waals surface area (Å²) >= 11 is 0.